The summed E-state index contributed by atoms with van der Waals surface area (Å²) in [5.74, 6) is -0.667. The van der Waals surface area contributed by atoms with Gasteiger partial charge in [-0.3, -0.25) is 10.1 Å². The van der Waals surface area contributed by atoms with Gasteiger partial charge in [-0.2, -0.15) is 4.98 Å². The number of carbonyl (C=O) groups is 1. The number of amides is 1. The highest BCUT2D eigenvalue weighted by Crippen LogP contribution is 2.21. The third kappa shape index (κ3) is 4.05. The van der Waals surface area contributed by atoms with E-state index < -0.39 is 17.8 Å². The topological polar surface area (TPSA) is 77.2 Å². The van der Waals surface area contributed by atoms with Gasteiger partial charge in [0.2, 0.25) is 0 Å². The van der Waals surface area contributed by atoms with Gasteiger partial charge in [0.15, 0.2) is 17.7 Å². The smallest absolute Gasteiger partial charge is 0.270 e. The van der Waals surface area contributed by atoms with E-state index in [9.17, 15) is 9.18 Å². The SMILES string of the molecule is CC[C@@H](Oc1ccccc1F)C(=O)Nc1noc(-c2ccc(C)cc2)n1. The Morgan fingerprint density at radius 2 is 1.96 bits per heavy atom. The predicted molar refractivity (Wildman–Crippen MR) is 94.2 cm³/mol. The van der Waals surface area contributed by atoms with E-state index >= 15 is 0 Å². The van der Waals surface area contributed by atoms with Crippen LogP contribution < -0.4 is 10.1 Å². The molecule has 1 atom stereocenters. The molecule has 0 unspecified atom stereocenters. The van der Waals surface area contributed by atoms with E-state index in [0.717, 1.165) is 11.1 Å². The number of aromatic nitrogens is 2. The van der Waals surface area contributed by atoms with Crippen LogP contribution in [0.4, 0.5) is 10.3 Å². The second kappa shape index (κ2) is 7.77. The molecule has 26 heavy (non-hydrogen) atoms. The zero-order valence-electron chi connectivity index (χ0n) is 14.4. The highest BCUT2D eigenvalue weighted by Gasteiger charge is 2.22. The van der Waals surface area contributed by atoms with Gasteiger partial charge in [-0.15, -0.1) is 0 Å². The van der Waals surface area contributed by atoms with E-state index in [4.69, 9.17) is 9.26 Å². The first-order valence-electron chi connectivity index (χ1n) is 8.19. The number of halogens is 1. The number of benzene rings is 2. The summed E-state index contributed by atoms with van der Waals surface area (Å²) in [6.45, 7) is 3.74. The Morgan fingerprint density at radius 1 is 1.23 bits per heavy atom. The van der Waals surface area contributed by atoms with Crippen molar-refractivity contribution in [2.75, 3.05) is 5.32 Å². The number of nitrogens with zero attached hydrogens (tertiary/aromatic N) is 2. The fourth-order valence-corrected chi connectivity index (χ4v) is 2.29. The standard InChI is InChI=1S/C19H18FN3O3/c1-3-15(25-16-7-5-4-6-14(16)20)17(24)21-19-22-18(26-23-19)13-10-8-12(2)9-11-13/h4-11,15H,3H2,1-2H3,(H,21,23,24)/t15-/m1/s1. The van der Waals surface area contributed by atoms with Crippen molar-refractivity contribution in [2.24, 2.45) is 0 Å². The van der Waals surface area contributed by atoms with Gasteiger partial charge in [0.25, 0.3) is 17.7 Å². The molecule has 134 valence electrons. The van der Waals surface area contributed by atoms with Gasteiger partial charge in [0.05, 0.1) is 0 Å². The molecule has 0 spiro atoms. The van der Waals surface area contributed by atoms with Gasteiger partial charge >= 0.3 is 0 Å². The van der Waals surface area contributed by atoms with Crippen molar-refractivity contribution in [3.63, 3.8) is 0 Å². The molecule has 0 fully saturated rings. The second-order valence-electron chi connectivity index (χ2n) is 5.72. The summed E-state index contributed by atoms with van der Waals surface area (Å²) in [4.78, 5) is 16.5. The lowest BCUT2D eigenvalue weighted by Crippen LogP contribution is -2.33. The average molecular weight is 355 g/mol. The minimum atomic E-state index is -0.881. The van der Waals surface area contributed by atoms with E-state index in [1.807, 2.05) is 31.2 Å². The minimum absolute atomic E-state index is 0.0166. The van der Waals surface area contributed by atoms with Crippen molar-refractivity contribution in [2.45, 2.75) is 26.4 Å². The number of hydrogen-bond donors (Lipinski definition) is 1. The summed E-state index contributed by atoms with van der Waals surface area (Å²) in [6.07, 6.45) is -0.531. The van der Waals surface area contributed by atoms with Crippen LogP contribution in [-0.2, 0) is 4.79 Å². The van der Waals surface area contributed by atoms with Crippen molar-refractivity contribution >= 4 is 11.9 Å². The van der Waals surface area contributed by atoms with Crippen molar-refractivity contribution in [3.05, 3.63) is 59.9 Å². The number of rotatable bonds is 6. The summed E-state index contributed by atoms with van der Waals surface area (Å²) in [5, 5.41) is 6.28. The van der Waals surface area contributed by atoms with Crippen LogP contribution in [0.5, 0.6) is 5.75 Å². The maximum atomic E-state index is 13.7. The quantitative estimate of drug-likeness (QED) is 0.724. The van der Waals surface area contributed by atoms with Crippen LogP contribution >= 0.6 is 0 Å². The number of para-hydroxylation sites is 1. The fourth-order valence-electron chi connectivity index (χ4n) is 2.29. The highest BCUT2D eigenvalue weighted by molar-refractivity contribution is 5.92. The minimum Gasteiger partial charge on any atom is -0.478 e. The molecule has 3 rings (SSSR count). The van der Waals surface area contributed by atoms with Gasteiger partial charge < -0.3 is 9.26 Å². The molecule has 0 aliphatic heterocycles. The molecule has 7 heteroatoms. The van der Waals surface area contributed by atoms with Gasteiger partial charge in [-0.1, -0.05) is 36.8 Å². The number of carbonyl (C=O) groups excluding carboxylic acids is 1. The molecule has 1 heterocycles. The molecular formula is C19H18FN3O3. The van der Waals surface area contributed by atoms with Crippen molar-refractivity contribution in [3.8, 4) is 17.2 Å². The Labute approximate surface area is 150 Å². The molecule has 0 aliphatic rings. The first-order valence-corrected chi connectivity index (χ1v) is 8.19. The molecule has 0 aliphatic carbocycles. The normalized spacial score (nSPS) is 11.8. The van der Waals surface area contributed by atoms with Crippen LogP contribution in [0.1, 0.15) is 18.9 Å². The number of nitrogens with one attached hydrogen (secondary N) is 1. The molecule has 1 N–H and O–H groups in total. The van der Waals surface area contributed by atoms with Gasteiger partial charge in [-0.25, -0.2) is 4.39 Å². The van der Waals surface area contributed by atoms with E-state index in [2.05, 4.69) is 15.5 Å². The van der Waals surface area contributed by atoms with Crippen LogP contribution in [0, 0.1) is 12.7 Å². The zero-order valence-corrected chi connectivity index (χ0v) is 14.4. The summed E-state index contributed by atoms with van der Waals surface area (Å²) in [5.41, 5.74) is 1.86. The van der Waals surface area contributed by atoms with Crippen LogP contribution in [0.15, 0.2) is 53.1 Å². The van der Waals surface area contributed by atoms with E-state index in [-0.39, 0.29) is 11.7 Å². The van der Waals surface area contributed by atoms with Crippen molar-refractivity contribution in [1.82, 2.24) is 10.1 Å². The predicted octanol–water partition coefficient (Wildman–Crippen LogP) is 3.98. The molecular weight excluding hydrogens is 337 g/mol. The molecule has 1 aromatic heterocycles. The van der Waals surface area contributed by atoms with E-state index in [1.165, 1.54) is 12.1 Å². The molecule has 2 aromatic carbocycles. The van der Waals surface area contributed by atoms with E-state index in [1.54, 1.807) is 19.1 Å². The lowest BCUT2D eigenvalue weighted by molar-refractivity contribution is -0.123. The number of anilines is 1. The van der Waals surface area contributed by atoms with Gasteiger partial charge in [-0.05, 0) is 42.8 Å². The van der Waals surface area contributed by atoms with Crippen LogP contribution in [0.2, 0.25) is 0 Å². The van der Waals surface area contributed by atoms with Crippen LogP contribution in [0.25, 0.3) is 11.5 Å². The Bertz CT molecular complexity index is 893. The maximum Gasteiger partial charge on any atom is 0.270 e. The Kier molecular flexibility index (Phi) is 5.26. The molecule has 0 saturated carbocycles. The molecule has 6 nitrogen and oxygen atoms in total. The van der Waals surface area contributed by atoms with Gasteiger partial charge in [0.1, 0.15) is 0 Å². The number of aryl methyl sites for hydroxylation is 1. The van der Waals surface area contributed by atoms with Crippen LogP contribution in [-0.4, -0.2) is 22.2 Å². The average Bonchev–Trinajstić information content (AvgIpc) is 3.10. The maximum absolute atomic E-state index is 13.7. The largest absolute Gasteiger partial charge is 0.478 e. The molecule has 3 aromatic rings. The summed E-state index contributed by atoms with van der Waals surface area (Å²) < 4.78 is 24.3. The number of hydrogen-bond acceptors (Lipinski definition) is 5. The molecule has 0 radical (unpaired) electrons. The zero-order chi connectivity index (χ0) is 18.5. The summed E-state index contributed by atoms with van der Waals surface area (Å²) >= 11 is 0. The third-order valence-corrected chi connectivity index (χ3v) is 3.73. The molecule has 1 amide bonds. The summed E-state index contributed by atoms with van der Waals surface area (Å²) in [7, 11) is 0. The first kappa shape index (κ1) is 17.6. The monoisotopic (exact) mass is 355 g/mol. The van der Waals surface area contributed by atoms with E-state index in [0.29, 0.717) is 12.3 Å². The Morgan fingerprint density at radius 3 is 2.65 bits per heavy atom. The van der Waals surface area contributed by atoms with Crippen molar-refractivity contribution < 1.29 is 18.4 Å². The molecule has 0 saturated heterocycles. The first-order chi connectivity index (χ1) is 12.6. The summed E-state index contributed by atoms with van der Waals surface area (Å²) in [6, 6.07) is 13.5. The Hall–Kier alpha value is -3.22. The molecule has 0 bridgehead atoms. The Balaban J connectivity index is 1.68. The van der Waals surface area contributed by atoms with Crippen LogP contribution in [0.3, 0.4) is 0 Å². The van der Waals surface area contributed by atoms with Gasteiger partial charge in [0, 0.05) is 5.56 Å². The lowest BCUT2D eigenvalue weighted by Gasteiger charge is -2.16. The number of ether oxygens (including phenoxy) is 1. The second-order valence-corrected chi connectivity index (χ2v) is 5.72. The fraction of sp³-hybridized carbons (Fsp3) is 0.211. The lowest BCUT2D eigenvalue weighted by atomic mass is 10.1. The van der Waals surface area contributed by atoms with Crippen molar-refractivity contribution in [1.29, 1.82) is 0 Å². The highest BCUT2D eigenvalue weighted by atomic mass is 19.1. The third-order valence-electron chi connectivity index (χ3n) is 3.73.